The first-order valence-corrected chi connectivity index (χ1v) is 4.66. The molecule has 0 spiro atoms. The summed E-state index contributed by atoms with van der Waals surface area (Å²) in [5, 5.41) is 1.22. The average Bonchev–Trinajstić information content (AvgIpc) is 2.45. The minimum Gasteiger partial charge on any atom is -0.395 e. The smallest absolute Gasteiger partial charge is 0.000885 e. The number of benzene rings is 1. The fraction of sp³-hybridized carbons (Fsp3) is 0.333. The van der Waals surface area contributed by atoms with Crippen LogP contribution >= 0.6 is 0 Å². The second kappa shape index (κ2) is 4.59. The van der Waals surface area contributed by atoms with Gasteiger partial charge in [0.15, 0.2) is 0 Å². The van der Waals surface area contributed by atoms with Crippen molar-refractivity contribution < 1.29 is 32.7 Å². The molecule has 1 nitrogen and oxygen atoms in total. The SMILES string of the molecule is CC(C)c1cc2[c-]cccc2n1C.[Y]. The number of rotatable bonds is 1. The summed E-state index contributed by atoms with van der Waals surface area (Å²) in [6.07, 6.45) is 0. The molecule has 0 bridgehead atoms. The van der Waals surface area contributed by atoms with Crippen LogP contribution in [0.2, 0.25) is 0 Å². The summed E-state index contributed by atoms with van der Waals surface area (Å²) in [5.74, 6) is 0.575. The third-order valence-electron chi connectivity index (χ3n) is 2.50. The van der Waals surface area contributed by atoms with E-state index < -0.39 is 0 Å². The summed E-state index contributed by atoms with van der Waals surface area (Å²) < 4.78 is 2.25. The number of aromatic nitrogens is 1. The first kappa shape index (κ1) is 11.9. The van der Waals surface area contributed by atoms with Crippen LogP contribution in [0, 0.1) is 6.07 Å². The second-order valence-electron chi connectivity index (χ2n) is 3.75. The number of fused-ring (bicyclic) bond motifs is 1. The molecule has 1 aromatic heterocycles. The average molecular weight is 261 g/mol. The minimum absolute atomic E-state index is 0. The molecule has 1 aromatic carbocycles. The third-order valence-corrected chi connectivity index (χ3v) is 2.50. The summed E-state index contributed by atoms with van der Waals surface area (Å²) in [7, 11) is 2.12. The van der Waals surface area contributed by atoms with Crippen molar-refractivity contribution in [3.05, 3.63) is 36.0 Å². The Labute approximate surface area is 110 Å². The minimum atomic E-state index is 0. The van der Waals surface area contributed by atoms with Crippen LogP contribution in [0.1, 0.15) is 25.5 Å². The molecular weight excluding hydrogens is 247 g/mol. The van der Waals surface area contributed by atoms with E-state index in [-0.39, 0.29) is 32.7 Å². The Balaban J connectivity index is 0.000000980. The molecule has 0 aliphatic carbocycles. The molecule has 1 radical (unpaired) electrons. The number of aryl methyl sites for hydroxylation is 1. The van der Waals surface area contributed by atoms with E-state index >= 15 is 0 Å². The number of hydrogen-bond donors (Lipinski definition) is 0. The monoisotopic (exact) mass is 261 g/mol. The van der Waals surface area contributed by atoms with Crippen molar-refractivity contribution in [3.8, 4) is 0 Å². The zero-order chi connectivity index (χ0) is 9.42. The van der Waals surface area contributed by atoms with Gasteiger partial charge in [0.25, 0.3) is 0 Å². The van der Waals surface area contributed by atoms with Gasteiger partial charge in [0.1, 0.15) is 0 Å². The van der Waals surface area contributed by atoms with Crippen molar-refractivity contribution in [1.29, 1.82) is 0 Å². The molecule has 2 aromatic rings. The van der Waals surface area contributed by atoms with Gasteiger partial charge in [-0.2, -0.15) is 0 Å². The Kier molecular flexibility index (Phi) is 3.91. The Morgan fingerprint density at radius 2 is 2.07 bits per heavy atom. The van der Waals surface area contributed by atoms with E-state index in [1.165, 1.54) is 16.6 Å². The molecule has 1 heterocycles. The van der Waals surface area contributed by atoms with E-state index in [0.29, 0.717) is 5.92 Å². The maximum absolute atomic E-state index is 3.25. The van der Waals surface area contributed by atoms with E-state index in [1.807, 2.05) is 12.1 Å². The largest absolute Gasteiger partial charge is 0.395 e. The van der Waals surface area contributed by atoms with Gasteiger partial charge < -0.3 is 4.57 Å². The van der Waals surface area contributed by atoms with E-state index in [2.05, 4.69) is 43.7 Å². The summed E-state index contributed by atoms with van der Waals surface area (Å²) in [5.41, 5.74) is 2.64. The van der Waals surface area contributed by atoms with Gasteiger partial charge in [-0.05, 0) is 17.1 Å². The molecule has 14 heavy (non-hydrogen) atoms. The van der Waals surface area contributed by atoms with Gasteiger partial charge in [-0.3, -0.25) is 0 Å². The molecule has 0 amide bonds. The van der Waals surface area contributed by atoms with Crippen LogP contribution in [0.3, 0.4) is 0 Å². The van der Waals surface area contributed by atoms with Crippen LogP contribution in [0.5, 0.6) is 0 Å². The first-order valence-electron chi connectivity index (χ1n) is 4.66. The Hall–Kier alpha value is -0.136. The predicted octanol–water partition coefficient (Wildman–Crippen LogP) is 3.10. The van der Waals surface area contributed by atoms with Gasteiger partial charge in [0.2, 0.25) is 0 Å². The summed E-state index contributed by atoms with van der Waals surface area (Å²) in [4.78, 5) is 0. The standard InChI is InChI=1S/C12H14N.Y/c1-9(2)12-8-10-6-4-5-7-11(10)13(12)3;/h4-5,7-9H,1-3H3;/q-1;. The predicted molar refractivity (Wildman–Crippen MR) is 55.8 cm³/mol. The molecule has 2 rings (SSSR count). The van der Waals surface area contributed by atoms with Gasteiger partial charge in [0, 0.05) is 39.8 Å². The molecule has 0 saturated carbocycles. The fourth-order valence-corrected chi connectivity index (χ4v) is 1.79. The van der Waals surface area contributed by atoms with Crippen LogP contribution in [-0.4, -0.2) is 4.57 Å². The van der Waals surface area contributed by atoms with Crippen molar-refractivity contribution in [2.45, 2.75) is 19.8 Å². The zero-order valence-corrected chi connectivity index (χ0v) is 11.7. The summed E-state index contributed by atoms with van der Waals surface area (Å²) in [6.45, 7) is 4.43. The van der Waals surface area contributed by atoms with E-state index in [1.54, 1.807) is 0 Å². The van der Waals surface area contributed by atoms with Crippen LogP contribution in [0.25, 0.3) is 10.9 Å². The molecule has 71 valence electrons. The molecule has 0 saturated heterocycles. The molecule has 0 N–H and O–H groups in total. The topological polar surface area (TPSA) is 4.93 Å². The summed E-state index contributed by atoms with van der Waals surface area (Å²) >= 11 is 0. The van der Waals surface area contributed by atoms with Gasteiger partial charge in [0.05, 0.1) is 0 Å². The van der Waals surface area contributed by atoms with Crippen LogP contribution in [-0.2, 0) is 39.8 Å². The van der Waals surface area contributed by atoms with Crippen molar-refractivity contribution in [3.63, 3.8) is 0 Å². The van der Waals surface area contributed by atoms with Gasteiger partial charge in [-0.25, -0.2) is 0 Å². The molecule has 0 aliphatic rings. The summed E-state index contributed by atoms with van der Waals surface area (Å²) in [6, 6.07) is 11.6. The Morgan fingerprint density at radius 1 is 1.36 bits per heavy atom. The van der Waals surface area contributed by atoms with E-state index in [4.69, 9.17) is 0 Å². The number of nitrogens with zero attached hydrogens (tertiary/aromatic N) is 1. The molecule has 0 aliphatic heterocycles. The van der Waals surface area contributed by atoms with Crippen LogP contribution in [0.4, 0.5) is 0 Å². The van der Waals surface area contributed by atoms with Crippen molar-refractivity contribution >= 4 is 10.9 Å². The molecular formula is C12H14NY-. The molecule has 2 heteroatoms. The van der Waals surface area contributed by atoms with Gasteiger partial charge in [-0.1, -0.05) is 13.8 Å². The number of hydrogen-bond acceptors (Lipinski definition) is 0. The molecule has 0 fully saturated rings. The maximum Gasteiger partial charge on any atom is 0.000885 e. The van der Waals surface area contributed by atoms with Gasteiger partial charge >= 0.3 is 0 Å². The fourth-order valence-electron chi connectivity index (χ4n) is 1.79. The normalized spacial score (nSPS) is 10.6. The van der Waals surface area contributed by atoms with Crippen LogP contribution in [0.15, 0.2) is 24.3 Å². The second-order valence-corrected chi connectivity index (χ2v) is 3.75. The quantitative estimate of drug-likeness (QED) is 0.695. The van der Waals surface area contributed by atoms with Gasteiger partial charge in [-0.15, -0.1) is 35.7 Å². The maximum atomic E-state index is 3.25. The van der Waals surface area contributed by atoms with Crippen LogP contribution < -0.4 is 0 Å². The van der Waals surface area contributed by atoms with Crippen molar-refractivity contribution in [2.75, 3.05) is 0 Å². The zero-order valence-electron chi connectivity index (χ0n) is 8.91. The van der Waals surface area contributed by atoms with E-state index in [9.17, 15) is 0 Å². The van der Waals surface area contributed by atoms with E-state index in [0.717, 1.165) is 0 Å². The van der Waals surface area contributed by atoms with Crippen molar-refractivity contribution in [2.24, 2.45) is 7.05 Å². The Morgan fingerprint density at radius 3 is 2.64 bits per heavy atom. The van der Waals surface area contributed by atoms with Crippen molar-refractivity contribution in [1.82, 2.24) is 4.57 Å². The third kappa shape index (κ3) is 1.94. The molecule has 0 atom stereocenters. The Bertz CT molecular complexity index is 429. The first-order chi connectivity index (χ1) is 6.20. The molecule has 0 unspecified atom stereocenters.